The minimum atomic E-state index is -0.555. The first-order chi connectivity index (χ1) is 9.32. The lowest BCUT2D eigenvalue weighted by atomic mass is 10.1. The molecule has 0 aliphatic rings. The molecule has 0 atom stereocenters. The Kier molecular flexibility index (Phi) is 3.63. The standard InChI is InChI=1S/C13H15N3O3S/c1-5-8(4)20-13(9(5)11(14)17)15-12(18)10-6(2)16-19-7(10)3/h1-4H3,(H2,14,17)(H,15,18). The van der Waals surface area contributed by atoms with Crippen LogP contribution in [0.15, 0.2) is 4.52 Å². The number of nitrogens with one attached hydrogen (secondary N) is 1. The molecule has 0 saturated carbocycles. The van der Waals surface area contributed by atoms with Crippen LogP contribution in [0.2, 0.25) is 0 Å². The number of amides is 2. The highest BCUT2D eigenvalue weighted by atomic mass is 32.1. The predicted octanol–water partition coefficient (Wildman–Crippen LogP) is 2.32. The summed E-state index contributed by atoms with van der Waals surface area (Å²) in [5.74, 6) is -0.475. The molecular formula is C13H15N3O3S. The number of anilines is 1. The normalized spacial score (nSPS) is 10.6. The quantitative estimate of drug-likeness (QED) is 0.907. The molecule has 0 spiro atoms. The number of carbonyl (C=O) groups is 2. The van der Waals surface area contributed by atoms with Gasteiger partial charge >= 0.3 is 0 Å². The molecule has 0 unspecified atom stereocenters. The van der Waals surface area contributed by atoms with E-state index in [1.165, 1.54) is 11.3 Å². The molecule has 0 bridgehead atoms. The van der Waals surface area contributed by atoms with Gasteiger partial charge in [0, 0.05) is 4.88 Å². The third-order valence-corrected chi connectivity index (χ3v) is 4.24. The summed E-state index contributed by atoms with van der Waals surface area (Å²) in [4.78, 5) is 24.7. The zero-order chi connectivity index (χ0) is 15.0. The summed E-state index contributed by atoms with van der Waals surface area (Å²) in [7, 11) is 0. The molecule has 2 aromatic heterocycles. The van der Waals surface area contributed by atoms with Gasteiger partial charge in [0.15, 0.2) is 0 Å². The highest BCUT2D eigenvalue weighted by molar-refractivity contribution is 7.16. The molecule has 2 rings (SSSR count). The van der Waals surface area contributed by atoms with Crippen molar-refractivity contribution in [3.05, 3.63) is 33.0 Å². The first-order valence-corrected chi connectivity index (χ1v) is 6.78. The van der Waals surface area contributed by atoms with Crippen LogP contribution in [-0.2, 0) is 0 Å². The van der Waals surface area contributed by atoms with Crippen LogP contribution in [0.5, 0.6) is 0 Å². The molecule has 0 aromatic carbocycles. The third-order valence-electron chi connectivity index (χ3n) is 3.12. The molecule has 0 radical (unpaired) electrons. The molecule has 20 heavy (non-hydrogen) atoms. The maximum absolute atomic E-state index is 12.3. The molecule has 2 amide bonds. The number of nitrogens with zero attached hydrogens (tertiary/aromatic N) is 1. The first-order valence-electron chi connectivity index (χ1n) is 5.97. The van der Waals surface area contributed by atoms with Crippen LogP contribution < -0.4 is 11.1 Å². The monoisotopic (exact) mass is 293 g/mol. The zero-order valence-electron chi connectivity index (χ0n) is 11.7. The van der Waals surface area contributed by atoms with Gasteiger partial charge in [0.05, 0.1) is 11.3 Å². The summed E-state index contributed by atoms with van der Waals surface area (Å²) in [6.45, 7) is 7.02. The second kappa shape index (κ2) is 5.09. The summed E-state index contributed by atoms with van der Waals surface area (Å²) in [5, 5.41) is 6.91. The van der Waals surface area contributed by atoms with Crippen molar-refractivity contribution in [2.45, 2.75) is 27.7 Å². The van der Waals surface area contributed by atoms with E-state index >= 15 is 0 Å². The fourth-order valence-corrected chi connectivity index (χ4v) is 3.05. The number of hydrogen-bond donors (Lipinski definition) is 2. The smallest absolute Gasteiger partial charge is 0.261 e. The summed E-state index contributed by atoms with van der Waals surface area (Å²) < 4.78 is 4.96. The predicted molar refractivity (Wildman–Crippen MR) is 76.2 cm³/mol. The summed E-state index contributed by atoms with van der Waals surface area (Å²) >= 11 is 1.32. The molecule has 0 aliphatic heterocycles. The van der Waals surface area contributed by atoms with E-state index in [1.54, 1.807) is 20.8 Å². The van der Waals surface area contributed by atoms with Crippen LogP contribution in [0.1, 0.15) is 42.6 Å². The van der Waals surface area contributed by atoms with Gasteiger partial charge in [-0.05, 0) is 33.3 Å². The Morgan fingerprint density at radius 2 is 1.85 bits per heavy atom. The largest absolute Gasteiger partial charge is 0.365 e. The molecule has 7 heteroatoms. The van der Waals surface area contributed by atoms with Gasteiger partial charge in [0.25, 0.3) is 11.8 Å². The molecule has 2 aromatic rings. The van der Waals surface area contributed by atoms with E-state index in [4.69, 9.17) is 10.3 Å². The zero-order valence-corrected chi connectivity index (χ0v) is 12.5. The minimum absolute atomic E-state index is 0.354. The van der Waals surface area contributed by atoms with Gasteiger partial charge in [0.2, 0.25) is 0 Å². The van der Waals surface area contributed by atoms with E-state index < -0.39 is 5.91 Å². The molecule has 0 fully saturated rings. The van der Waals surface area contributed by atoms with Crippen molar-refractivity contribution in [1.29, 1.82) is 0 Å². The lowest BCUT2D eigenvalue weighted by Gasteiger charge is -2.04. The molecule has 0 aliphatic carbocycles. The molecule has 6 nitrogen and oxygen atoms in total. The van der Waals surface area contributed by atoms with Crippen molar-refractivity contribution in [2.75, 3.05) is 5.32 Å². The second-order valence-electron chi connectivity index (χ2n) is 4.50. The van der Waals surface area contributed by atoms with Crippen molar-refractivity contribution in [1.82, 2.24) is 5.16 Å². The van der Waals surface area contributed by atoms with Crippen LogP contribution in [0.3, 0.4) is 0 Å². The van der Waals surface area contributed by atoms with Crippen LogP contribution >= 0.6 is 11.3 Å². The second-order valence-corrected chi connectivity index (χ2v) is 5.73. The molecule has 106 valence electrons. The fourth-order valence-electron chi connectivity index (χ4n) is 1.98. The first kappa shape index (κ1) is 14.3. The van der Waals surface area contributed by atoms with Gasteiger partial charge in [-0.15, -0.1) is 11.3 Å². The maximum Gasteiger partial charge on any atom is 0.261 e. The van der Waals surface area contributed by atoms with Crippen molar-refractivity contribution < 1.29 is 14.1 Å². The lowest BCUT2D eigenvalue weighted by molar-refractivity contribution is 0.100. The molecular weight excluding hydrogens is 278 g/mol. The van der Waals surface area contributed by atoms with Gasteiger partial charge in [-0.2, -0.15) is 0 Å². The maximum atomic E-state index is 12.3. The van der Waals surface area contributed by atoms with E-state index in [2.05, 4.69) is 10.5 Å². The number of aryl methyl sites for hydroxylation is 3. The number of carbonyl (C=O) groups excluding carboxylic acids is 2. The Morgan fingerprint density at radius 3 is 2.35 bits per heavy atom. The number of rotatable bonds is 3. The van der Waals surface area contributed by atoms with Crippen LogP contribution in [-0.4, -0.2) is 17.0 Å². The highest BCUT2D eigenvalue weighted by Gasteiger charge is 2.22. The van der Waals surface area contributed by atoms with Gasteiger partial charge in [-0.1, -0.05) is 5.16 Å². The van der Waals surface area contributed by atoms with E-state index in [1.807, 2.05) is 6.92 Å². The Balaban J connectivity index is 2.38. The Hall–Kier alpha value is -2.15. The molecule has 3 N–H and O–H groups in total. The Bertz CT molecular complexity index is 681. The lowest BCUT2D eigenvalue weighted by Crippen LogP contribution is -2.18. The minimum Gasteiger partial charge on any atom is -0.365 e. The van der Waals surface area contributed by atoms with Crippen LogP contribution in [0.4, 0.5) is 5.00 Å². The summed E-state index contributed by atoms with van der Waals surface area (Å²) in [6, 6.07) is 0. The van der Waals surface area contributed by atoms with E-state index in [-0.39, 0.29) is 5.91 Å². The average molecular weight is 293 g/mol. The number of aromatic nitrogens is 1. The van der Waals surface area contributed by atoms with Crippen molar-refractivity contribution in [3.8, 4) is 0 Å². The van der Waals surface area contributed by atoms with Crippen LogP contribution in [0, 0.1) is 27.7 Å². The van der Waals surface area contributed by atoms with Gasteiger partial charge in [-0.3, -0.25) is 9.59 Å². The Labute approximate surface area is 119 Å². The number of primary amides is 1. The van der Waals surface area contributed by atoms with E-state index in [9.17, 15) is 9.59 Å². The van der Waals surface area contributed by atoms with Crippen LogP contribution in [0.25, 0.3) is 0 Å². The third kappa shape index (κ3) is 2.32. The SMILES string of the molecule is Cc1noc(C)c1C(=O)Nc1sc(C)c(C)c1C(N)=O. The van der Waals surface area contributed by atoms with E-state index in [0.29, 0.717) is 27.6 Å². The fraction of sp³-hybridized carbons (Fsp3) is 0.308. The van der Waals surface area contributed by atoms with E-state index in [0.717, 1.165) is 10.4 Å². The number of nitrogens with two attached hydrogens (primary N) is 1. The van der Waals surface area contributed by atoms with Crippen molar-refractivity contribution in [3.63, 3.8) is 0 Å². The molecule has 0 saturated heterocycles. The van der Waals surface area contributed by atoms with Gasteiger partial charge in [-0.25, -0.2) is 0 Å². The number of hydrogen-bond acceptors (Lipinski definition) is 5. The Morgan fingerprint density at radius 1 is 1.20 bits per heavy atom. The average Bonchev–Trinajstić information content (AvgIpc) is 2.80. The summed E-state index contributed by atoms with van der Waals surface area (Å²) in [6.07, 6.45) is 0. The summed E-state index contributed by atoms with van der Waals surface area (Å²) in [5.41, 5.74) is 7.40. The van der Waals surface area contributed by atoms with Gasteiger partial charge in [0.1, 0.15) is 16.3 Å². The van der Waals surface area contributed by atoms with Gasteiger partial charge < -0.3 is 15.6 Å². The van der Waals surface area contributed by atoms with Crippen molar-refractivity contribution >= 4 is 28.2 Å². The highest BCUT2D eigenvalue weighted by Crippen LogP contribution is 2.32. The van der Waals surface area contributed by atoms with Crippen molar-refractivity contribution in [2.24, 2.45) is 5.73 Å². The topological polar surface area (TPSA) is 98.2 Å². The number of thiophene rings is 1. The molecule has 2 heterocycles.